The number of carbonyl (C=O) groups excluding carboxylic acids is 1. The summed E-state index contributed by atoms with van der Waals surface area (Å²) in [6.45, 7) is 4.06. The van der Waals surface area contributed by atoms with Gasteiger partial charge in [-0.05, 0) is 37.0 Å². The minimum atomic E-state index is -0.0294. The summed E-state index contributed by atoms with van der Waals surface area (Å²) < 4.78 is 0. The largest absolute Gasteiger partial charge is 0.326 e. The zero-order valence-electron chi connectivity index (χ0n) is 9.13. The molecule has 15 heavy (non-hydrogen) atoms. The Morgan fingerprint density at radius 1 is 1.40 bits per heavy atom. The lowest BCUT2D eigenvalue weighted by atomic mass is 9.97. The topological polar surface area (TPSA) is 55.1 Å². The van der Waals surface area contributed by atoms with E-state index in [2.05, 4.69) is 11.4 Å². The van der Waals surface area contributed by atoms with Crippen molar-refractivity contribution in [2.24, 2.45) is 5.73 Å². The minimum absolute atomic E-state index is 0.0294. The number of anilines is 1. The molecule has 1 atom stereocenters. The maximum absolute atomic E-state index is 11.5. The van der Waals surface area contributed by atoms with Crippen LogP contribution in [0.5, 0.6) is 0 Å². The van der Waals surface area contributed by atoms with Gasteiger partial charge in [-0.1, -0.05) is 12.1 Å². The lowest BCUT2D eigenvalue weighted by Crippen LogP contribution is -2.11. The Labute approximate surface area is 89.7 Å². The number of fused-ring (bicyclic) bond motifs is 1. The molecule has 3 N–H and O–H groups in total. The van der Waals surface area contributed by atoms with Crippen molar-refractivity contribution in [1.82, 2.24) is 0 Å². The van der Waals surface area contributed by atoms with Gasteiger partial charge in [0.15, 0.2) is 0 Å². The van der Waals surface area contributed by atoms with Crippen LogP contribution >= 0.6 is 0 Å². The first kappa shape index (κ1) is 10.2. The van der Waals surface area contributed by atoms with Crippen LogP contribution in [0.2, 0.25) is 0 Å². The fraction of sp³-hybridized carbons (Fsp3) is 0.417. The van der Waals surface area contributed by atoms with E-state index >= 15 is 0 Å². The molecule has 1 aliphatic heterocycles. The molecule has 1 amide bonds. The molecule has 2 rings (SSSR count). The van der Waals surface area contributed by atoms with Crippen molar-refractivity contribution in [3.8, 4) is 0 Å². The summed E-state index contributed by atoms with van der Waals surface area (Å²) in [5, 5.41) is 2.94. The second kappa shape index (κ2) is 3.66. The van der Waals surface area contributed by atoms with Crippen LogP contribution in [0.4, 0.5) is 5.69 Å². The smallest absolute Gasteiger partial charge is 0.224 e. The highest BCUT2D eigenvalue weighted by Crippen LogP contribution is 2.32. The van der Waals surface area contributed by atoms with Gasteiger partial charge >= 0.3 is 0 Å². The first-order valence-corrected chi connectivity index (χ1v) is 5.25. The van der Waals surface area contributed by atoms with E-state index in [1.807, 2.05) is 19.9 Å². The highest BCUT2D eigenvalue weighted by Gasteiger charge is 2.20. The molecule has 1 unspecified atom stereocenters. The molecule has 0 saturated heterocycles. The van der Waals surface area contributed by atoms with Crippen molar-refractivity contribution in [2.75, 3.05) is 5.32 Å². The zero-order valence-corrected chi connectivity index (χ0v) is 9.13. The average Bonchev–Trinajstić information content (AvgIpc) is 2.34. The Balaban J connectivity index is 2.57. The molecule has 1 aromatic carbocycles. The molecule has 1 aliphatic rings. The van der Waals surface area contributed by atoms with E-state index in [4.69, 9.17) is 5.73 Å². The van der Waals surface area contributed by atoms with E-state index in [1.165, 1.54) is 5.56 Å². The van der Waals surface area contributed by atoms with Crippen LogP contribution in [0.25, 0.3) is 0 Å². The van der Waals surface area contributed by atoms with E-state index in [-0.39, 0.29) is 11.9 Å². The number of amides is 1. The molecule has 1 heterocycles. The van der Waals surface area contributed by atoms with Gasteiger partial charge in [0.2, 0.25) is 5.91 Å². The highest BCUT2D eigenvalue weighted by atomic mass is 16.1. The standard InChI is InChI=1S/C12H16N2O/c1-7-3-4-9-10(13)5-6-11(15)14-12(9)8(7)2/h3-4,10H,5-6,13H2,1-2H3,(H,14,15). The number of carbonyl (C=O) groups is 1. The summed E-state index contributed by atoms with van der Waals surface area (Å²) in [4.78, 5) is 11.5. The van der Waals surface area contributed by atoms with Crippen molar-refractivity contribution in [2.45, 2.75) is 32.7 Å². The lowest BCUT2D eigenvalue weighted by molar-refractivity contribution is -0.116. The highest BCUT2D eigenvalue weighted by molar-refractivity contribution is 5.93. The maximum atomic E-state index is 11.5. The Hall–Kier alpha value is -1.35. The van der Waals surface area contributed by atoms with Crippen molar-refractivity contribution in [1.29, 1.82) is 0 Å². The normalized spacial score (nSPS) is 20.5. The van der Waals surface area contributed by atoms with Gasteiger partial charge in [-0.15, -0.1) is 0 Å². The summed E-state index contributed by atoms with van der Waals surface area (Å²) in [7, 11) is 0. The van der Waals surface area contributed by atoms with Crippen molar-refractivity contribution < 1.29 is 4.79 Å². The van der Waals surface area contributed by atoms with E-state index < -0.39 is 0 Å². The molecule has 0 aromatic heterocycles. The molecule has 3 nitrogen and oxygen atoms in total. The Morgan fingerprint density at radius 2 is 2.13 bits per heavy atom. The predicted molar refractivity (Wildman–Crippen MR) is 60.7 cm³/mol. The number of nitrogens with one attached hydrogen (secondary N) is 1. The second-order valence-electron chi connectivity index (χ2n) is 4.17. The molecule has 0 spiro atoms. The molecule has 3 heteroatoms. The molecule has 0 aliphatic carbocycles. The van der Waals surface area contributed by atoms with Gasteiger partial charge in [-0.25, -0.2) is 0 Å². The van der Waals surface area contributed by atoms with Crippen molar-refractivity contribution >= 4 is 11.6 Å². The van der Waals surface area contributed by atoms with E-state index in [0.717, 1.165) is 23.2 Å². The third kappa shape index (κ3) is 1.75. The third-order valence-corrected chi connectivity index (χ3v) is 3.11. The van der Waals surface area contributed by atoms with Gasteiger partial charge in [0.25, 0.3) is 0 Å². The van der Waals surface area contributed by atoms with E-state index in [1.54, 1.807) is 0 Å². The molecule has 0 saturated carbocycles. The predicted octanol–water partition coefficient (Wildman–Crippen LogP) is 2.04. The minimum Gasteiger partial charge on any atom is -0.326 e. The summed E-state index contributed by atoms with van der Waals surface area (Å²) >= 11 is 0. The van der Waals surface area contributed by atoms with Gasteiger partial charge in [0.05, 0.1) is 0 Å². The summed E-state index contributed by atoms with van der Waals surface area (Å²) in [5.41, 5.74) is 10.3. The molecular weight excluding hydrogens is 188 g/mol. The van der Waals surface area contributed by atoms with Gasteiger partial charge < -0.3 is 11.1 Å². The van der Waals surface area contributed by atoms with E-state index in [0.29, 0.717) is 6.42 Å². The molecule has 0 fully saturated rings. The van der Waals surface area contributed by atoms with Crippen LogP contribution in [-0.2, 0) is 4.79 Å². The van der Waals surface area contributed by atoms with Gasteiger partial charge in [0, 0.05) is 18.2 Å². The first-order chi connectivity index (χ1) is 7.09. The van der Waals surface area contributed by atoms with Crippen molar-refractivity contribution in [3.05, 3.63) is 28.8 Å². The van der Waals surface area contributed by atoms with Gasteiger partial charge in [-0.3, -0.25) is 4.79 Å². The monoisotopic (exact) mass is 204 g/mol. The first-order valence-electron chi connectivity index (χ1n) is 5.25. The van der Waals surface area contributed by atoms with Crippen LogP contribution in [0.15, 0.2) is 12.1 Å². The third-order valence-electron chi connectivity index (χ3n) is 3.11. The zero-order chi connectivity index (χ0) is 11.0. The number of benzene rings is 1. The Bertz CT molecular complexity index is 412. The molecular formula is C12H16N2O. The SMILES string of the molecule is Cc1ccc2c(c1C)NC(=O)CCC2N. The molecule has 0 radical (unpaired) electrons. The fourth-order valence-corrected chi connectivity index (χ4v) is 1.96. The summed E-state index contributed by atoms with van der Waals surface area (Å²) in [6.07, 6.45) is 1.23. The number of rotatable bonds is 0. The molecule has 1 aromatic rings. The van der Waals surface area contributed by atoms with E-state index in [9.17, 15) is 4.79 Å². The van der Waals surface area contributed by atoms with Crippen LogP contribution in [0, 0.1) is 13.8 Å². The fourth-order valence-electron chi connectivity index (χ4n) is 1.96. The number of nitrogens with two attached hydrogens (primary N) is 1. The van der Waals surface area contributed by atoms with Crippen LogP contribution in [0.1, 0.15) is 35.6 Å². The quantitative estimate of drug-likeness (QED) is 0.679. The van der Waals surface area contributed by atoms with Gasteiger partial charge in [0.1, 0.15) is 0 Å². The second-order valence-corrected chi connectivity index (χ2v) is 4.17. The maximum Gasteiger partial charge on any atom is 0.224 e. The van der Waals surface area contributed by atoms with Crippen LogP contribution in [-0.4, -0.2) is 5.91 Å². The van der Waals surface area contributed by atoms with Crippen LogP contribution in [0.3, 0.4) is 0 Å². The Morgan fingerprint density at radius 3 is 2.87 bits per heavy atom. The molecule has 0 bridgehead atoms. The molecule has 80 valence electrons. The lowest BCUT2D eigenvalue weighted by Gasteiger charge is -2.15. The van der Waals surface area contributed by atoms with Crippen LogP contribution < -0.4 is 11.1 Å². The van der Waals surface area contributed by atoms with Gasteiger partial charge in [-0.2, -0.15) is 0 Å². The number of hydrogen-bond donors (Lipinski definition) is 2. The average molecular weight is 204 g/mol. The Kier molecular flexibility index (Phi) is 2.49. The summed E-state index contributed by atoms with van der Waals surface area (Å²) in [6, 6.07) is 4.05. The number of aryl methyl sites for hydroxylation is 1. The number of hydrogen-bond acceptors (Lipinski definition) is 2. The summed E-state index contributed by atoms with van der Waals surface area (Å²) in [5.74, 6) is 0.0675. The van der Waals surface area contributed by atoms with Crippen molar-refractivity contribution in [3.63, 3.8) is 0 Å².